The number of halogens is 1. The fourth-order valence-corrected chi connectivity index (χ4v) is 2.15. The van der Waals surface area contributed by atoms with Crippen molar-refractivity contribution >= 4 is 5.91 Å². The molecule has 1 atom stereocenters. The highest BCUT2D eigenvalue weighted by Crippen LogP contribution is 2.30. The van der Waals surface area contributed by atoms with Crippen LogP contribution in [0.25, 0.3) is 0 Å². The lowest BCUT2D eigenvalue weighted by atomic mass is 9.87. The predicted octanol–water partition coefficient (Wildman–Crippen LogP) is 3.03. The van der Waals surface area contributed by atoms with Crippen molar-refractivity contribution in [1.82, 2.24) is 10.3 Å². The molecule has 1 amide bonds. The minimum absolute atomic E-state index is 0.157. The molecule has 0 aromatic carbocycles. The first-order valence-corrected chi connectivity index (χ1v) is 6.43. The number of amides is 1. The average molecular weight is 262 g/mol. The molecule has 2 heterocycles. The van der Waals surface area contributed by atoms with Crippen LogP contribution in [0.2, 0.25) is 0 Å². The molecule has 1 fully saturated rings. The molecule has 1 aromatic heterocycles. The van der Waals surface area contributed by atoms with Crippen molar-refractivity contribution < 1.29 is 9.18 Å². The molecule has 1 aromatic rings. The first-order valence-electron chi connectivity index (χ1n) is 6.43. The largest absolute Gasteiger partial charge is 0.330 e. The Morgan fingerprint density at radius 2 is 2.16 bits per heavy atom. The first kappa shape index (κ1) is 13.7. The van der Waals surface area contributed by atoms with Crippen LogP contribution in [-0.2, 0) is 10.2 Å². The molecule has 0 aliphatic carbocycles. The lowest BCUT2D eigenvalue weighted by Crippen LogP contribution is -2.34. The van der Waals surface area contributed by atoms with E-state index in [1.807, 2.05) is 20.8 Å². The van der Waals surface area contributed by atoms with Crippen molar-refractivity contribution in [3.05, 3.63) is 41.6 Å². The Labute approximate surface area is 112 Å². The molecular formula is C15H19FN2O. The van der Waals surface area contributed by atoms with Gasteiger partial charge in [-0.2, -0.15) is 0 Å². The van der Waals surface area contributed by atoms with E-state index in [0.29, 0.717) is 18.5 Å². The van der Waals surface area contributed by atoms with Gasteiger partial charge in [0, 0.05) is 11.9 Å². The van der Waals surface area contributed by atoms with Gasteiger partial charge in [-0.25, -0.2) is 4.39 Å². The highest BCUT2D eigenvalue weighted by Gasteiger charge is 2.29. The summed E-state index contributed by atoms with van der Waals surface area (Å²) in [6, 6.07) is 1.49. The van der Waals surface area contributed by atoms with Crippen LogP contribution in [0.3, 0.4) is 0 Å². The van der Waals surface area contributed by atoms with Crippen LogP contribution < -0.4 is 5.32 Å². The predicted molar refractivity (Wildman–Crippen MR) is 72.2 cm³/mol. The molecule has 1 N–H and O–H groups in total. The van der Waals surface area contributed by atoms with Crippen molar-refractivity contribution in [2.45, 2.75) is 44.9 Å². The summed E-state index contributed by atoms with van der Waals surface area (Å²) in [5.74, 6) is -1.13. The fraction of sp³-hybridized carbons (Fsp3) is 0.467. The lowest BCUT2D eigenvalue weighted by molar-refractivity contribution is -0.123. The smallest absolute Gasteiger partial charge is 0.233 e. The molecule has 0 bridgehead atoms. The molecule has 0 radical (unpaired) electrons. The molecule has 4 heteroatoms. The molecule has 102 valence electrons. The second kappa shape index (κ2) is 4.76. The van der Waals surface area contributed by atoms with Gasteiger partial charge in [-0.3, -0.25) is 9.78 Å². The van der Waals surface area contributed by atoms with E-state index < -0.39 is 11.7 Å². The average Bonchev–Trinajstić information content (AvgIpc) is 2.28. The van der Waals surface area contributed by atoms with Crippen LogP contribution in [0.15, 0.2) is 24.5 Å². The van der Waals surface area contributed by atoms with Crippen LogP contribution >= 0.6 is 0 Å². The molecule has 0 saturated carbocycles. The molecule has 3 nitrogen and oxygen atoms in total. The third-order valence-electron chi connectivity index (χ3n) is 3.42. The summed E-state index contributed by atoms with van der Waals surface area (Å²) in [6.45, 7) is 9.72. The molecule has 2 rings (SSSR count). The Hall–Kier alpha value is -1.71. The van der Waals surface area contributed by atoms with E-state index in [9.17, 15) is 9.18 Å². The summed E-state index contributed by atoms with van der Waals surface area (Å²) in [6.07, 6.45) is 2.89. The van der Waals surface area contributed by atoms with Gasteiger partial charge in [-0.15, -0.1) is 0 Å². The number of aromatic nitrogens is 1. The van der Waals surface area contributed by atoms with Crippen molar-refractivity contribution in [1.29, 1.82) is 0 Å². The maximum absolute atomic E-state index is 14.2. The Bertz CT molecular complexity index is 531. The fourth-order valence-electron chi connectivity index (χ4n) is 2.15. The number of hydrogen-bond donors (Lipinski definition) is 1. The van der Waals surface area contributed by atoms with Gasteiger partial charge in [0.05, 0.1) is 11.6 Å². The van der Waals surface area contributed by atoms with E-state index in [4.69, 9.17) is 0 Å². The minimum Gasteiger partial charge on any atom is -0.330 e. The quantitative estimate of drug-likeness (QED) is 0.845. The SMILES string of the molecule is C=C1CCC(c2ncc(C(C)(C)C)cc2F)C(=O)N1. The second-order valence-corrected chi connectivity index (χ2v) is 6.03. The molecule has 0 spiro atoms. The Morgan fingerprint density at radius 3 is 2.68 bits per heavy atom. The molecule has 1 aliphatic heterocycles. The highest BCUT2D eigenvalue weighted by atomic mass is 19.1. The van der Waals surface area contributed by atoms with Crippen LogP contribution in [0.5, 0.6) is 0 Å². The van der Waals surface area contributed by atoms with Gasteiger partial charge in [-0.05, 0) is 29.9 Å². The summed E-state index contributed by atoms with van der Waals surface area (Å²) in [4.78, 5) is 16.0. The minimum atomic E-state index is -0.514. The van der Waals surface area contributed by atoms with Gasteiger partial charge >= 0.3 is 0 Å². The molecule has 1 aliphatic rings. The van der Waals surface area contributed by atoms with Crippen molar-refractivity contribution in [2.75, 3.05) is 0 Å². The number of allylic oxidation sites excluding steroid dienone is 1. The lowest BCUT2D eigenvalue weighted by Gasteiger charge is -2.24. The van der Waals surface area contributed by atoms with Crippen LogP contribution in [0, 0.1) is 5.82 Å². The molecule has 19 heavy (non-hydrogen) atoms. The van der Waals surface area contributed by atoms with Crippen molar-refractivity contribution in [2.24, 2.45) is 0 Å². The van der Waals surface area contributed by atoms with E-state index in [2.05, 4.69) is 16.9 Å². The Balaban J connectivity index is 2.31. The third kappa shape index (κ3) is 2.83. The Morgan fingerprint density at radius 1 is 1.47 bits per heavy atom. The van der Waals surface area contributed by atoms with Gasteiger partial charge in [0.25, 0.3) is 0 Å². The zero-order valence-electron chi connectivity index (χ0n) is 11.6. The van der Waals surface area contributed by atoms with Gasteiger partial charge in [0.1, 0.15) is 5.82 Å². The summed E-state index contributed by atoms with van der Waals surface area (Å²) < 4.78 is 14.2. The van der Waals surface area contributed by atoms with Crippen LogP contribution in [-0.4, -0.2) is 10.9 Å². The van der Waals surface area contributed by atoms with Gasteiger partial charge in [0.2, 0.25) is 5.91 Å². The van der Waals surface area contributed by atoms with E-state index >= 15 is 0 Å². The number of carbonyl (C=O) groups is 1. The van der Waals surface area contributed by atoms with Gasteiger partial charge < -0.3 is 5.32 Å². The Kier molecular flexibility index (Phi) is 3.43. The van der Waals surface area contributed by atoms with Crippen molar-refractivity contribution in [3.63, 3.8) is 0 Å². The van der Waals surface area contributed by atoms with Crippen LogP contribution in [0.4, 0.5) is 4.39 Å². The number of carbonyl (C=O) groups excluding carboxylic acids is 1. The number of nitrogens with zero attached hydrogens (tertiary/aromatic N) is 1. The van der Waals surface area contributed by atoms with Crippen LogP contribution in [0.1, 0.15) is 50.8 Å². The maximum Gasteiger partial charge on any atom is 0.233 e. The monoisotopic (exact) mass is 262 g/mol. The molecular weight excluding hydrogens is 243 g/mol. The number of pyridine rings is 1. The highest BCUT2D eigenvalue weighted by molar-refractivity contribution is 5.85. The number of hydrogen-bond acceptors (Lipinski definition) is 2. The summed E-state index contributed by atoms with van der Waals surface area (Å²) >= 11 is 0. The second-order valence-electron chi connectivity index (χ2n) is 6.03. The third-order valence-corrected chi connectivity index (χ3v) is 3.42. The number of rotatable bonds is 1. The molecule has 1 saturated heterocycles. The van der Waals surface area contributed by atoms with Crippen molar-refractivity contribution in [3.8, 4) is 0 Å². The van der Waals surface area contributed by atoms with E-state index in [1.54, 1.807) is 6.20 Å². The molecule has 1 unspecified atom stereocenters. The standard InChI is InChI=1S/C15H19FN2O/c1-9-5-6-11(14(19)18-9)13-12(16)7-10(8-17-13)15(2,3)4/h7-8,11H,1,5-6H2,2-4H3,(H,18,19). The topological polar surface area (TPSA) is 42.0 Å². The normalized spacial score (nSPS) is 20.3. The zero-order chi connectivity index (χ0) is 14.2. The summed E-state index contributed by atoms with van der Waals surface area (Å²) in [5, 5.41) is 2.66. The maximum atomic E-state index is 14.2. The van der Waals surface area contributed by atoms with E-state index in [1.165, 1.54) is 6.07 Å². The van der Waals surface area contributed by atoms with E-state index in [-0.39, 0.29) is 17.0 Å². The number of nitrogens with one attached hydrogen (secondary N) is 1. The number of piperidine rings is 1. The first-order chi connectivity index (χ1) is 8.79. The van der Waals surface area contributed by atoms with Gasteiger partial charge in [-0.1, -0.05) is 27.4 Å². The van der Waals surface area contributed by atoms with E-state index in [0.717, 1.165) is 5.56 Å². The van der Waals surface area contributed by atoms with Gasteiger partial charge in [0.15, 0.2) is 0 Å². The summed E-state index contributed by atoms with van der Waals surface area (Å²) in [7, 11) is 0. The summed E-state index contributed by atoms with van der Waals surface area (Å²) in [5.41, 5.74) is 1.59. The zero-order valence-corrected chi connectivity index (χ0v) is 11.6.